The molecule has 7 nitrogen and oxygen atoms in total. The van der Waals surface area contributed by atoms with E-state index in [2.05, 4.69) is 51.3 Å². The summed E-state index contributed by atoms with van der Waals surface area (Å²) in [6.07, 6.45) is 6.91. The van der Waals surface area contributed by atoms with Crippen molar-refractivity contribution in [2.75, 3.05) is 31.1 Å². The number of para-hydroxylation sites is 1. The molecule has 0 aromatic heterocycles. The maximum Gasteiger partial charge on any atom is 0.360 e. The van der Waals surface area contributed by atoms with Crippen molar-refractivity contribution in [1.82, 2.24) is 9.66 Å². The molecule has 1 atom stereocenters. The van der Waals surface area contributed by atoms with Gasteiger partial charge in [-0.1, -0.05) is 42.7 Å². The summed E-state index contributed by atoms with van der Waals surface area (Å²) < 4.78 is -0.412. The summed E-state index contributed by atoms with van der Waals surface area (Å²) in [4.78, 5) is 22.1. The number of hydrogen-bond acceptors (Lipinski definition) is 6. The van der Waals surface area contributed by atoms with E-state index in [1.165, 1.54) is 37.8 Å². The second-order valence-corrected chi connectivity index (χ2v) is 10.7. The lowest BCUT2D eigenvalue weighted by Gasteiger charge is -2.42. The van der Waals surface area contributed by atoms with Gasteiger partial charge < -0.3 is 4.90 Å². The molecule has 7 heteroatoms. The van der Waals surface area contributed by atoms with Crippen molar-refractivity contribution in [2.24, 2.45) is 16.3 Å². The zero-order valence-corrected chi connectivity index (χ0v) is 22.1. The molecule has 1 saturated heterocycles. The summed E-state index contributed by atoms with van der Waals surface area (Å²) >= 11 is 0. The molecule has 3 aromatic carbocycles. The van der Waals surface area contributed by atoms with Crippen LogP contribution in [0.25, 0.3) is 11.1 Å². The Morgan fingerprint density at radius 3 is 2.18 bits per heavy atom. The lowest BCUT2D eigenvalue weighted by Crippen LogP contribution is -2.51. The molecule has 0 radical (unpaired) electrons. The van der Waals surface area contributed by atoms with Gasteiger partial charge >= 0.3 is 6.47 Å². The van der Waals surface area contributed by atoms with E-state index in [9.17, 15) is 4.79 Å². The number of carbonyl (C=O) groups is 1. The first-order valence-electron chi connectivity index (χ1n) is 13.9. The van der Waals surface area contributed by atoms with E-state index in [0.717, 1.165) is 49.3 Å². The van der Waals surface area contributed by atoms with Gasteiger partial charge in [0.15, 0.2) is 5.69 Å². The van der Waals surface area contributed by atoms with Gasteiger partial charge in [0, 0.05) is 56.1 Å². The summed E-state index contributed by atoms with van der Waals surface area (Å²) in [5.74, 6) is 0.956. The van der Waals surface area contributed by atoms with Crippen LogP contribution in [0.4, 0.5) is 22.7 Å². The third-order valence-electron chi connectivity index (χ3n) is 8.69. The fraction of sp³-hybridized carbons (Fsp3) is 0.387. The molecular weight excluding hydrogens is 474 g/mol. The molecule has 0 spiro atoms. The highest BCUT2D eigenvalue weighted by molar-refractivity contribution is 5.74. The quantitative estimate of drug-likeness (QED) is 0.249. The van der Waals surface area contributed by atoms with Gasteiger partial charge in [-0.15, -0.1) is 0 Å². The Hall–Kier alpha value is -3.55. The predicted molar refractivity (Wildman–Crippen MR) is 151 cm³/mol. The maximum atomic E-state index is 11.4. The fourth-order valence-corrected chi connectivity index (χ4v) is 6.34. The standard InChI is InChI=1S/C31H36N5O2/c1-2-24-7-13-27(14-8-24)34-19-21-35(22-20-34)28-15-9-25(10-16-28)26-11-17-29(18-12-26)36(38-23-37)31-6-4-3-5-30(31)32-33-36/h3-6,9-12,15-18,23-24,27H,2,7-8,13-14,19-22H2,1H3/q+1/t24-,27-,36?. The van der Waals surface area contributed by atoms with E-state index >= 15 is 0 Å². The molecule has 3 aromatic rings. The number of quaternary nitrogens is 1. The maximum absolute atomic E-state index is 11.4. The fourth-order valence-electron chi connectivity index (χ4n) is 6.34. The number of rotatable bonds is 7. The minimum Gasteiger partial charge on any atom is -0.369 e. The van der Waals surface area contributed by atoms with E-state index in [1.807, 2.05) is 48.5 Å². The normalized spacial score (nSPS) is 25.2. The highest BCUT2D eigenvalue weighted by atomic mass is 16.8. The zero-order valence-electron chi connectivity index (χ0n) is 22.1. The first-order valence-corrected chi connectivity index (χ1v) is 13.9. The number of anilines is 1. The van der Waals surface area contributed by atoms with Crippen LogP contribution in [-0.4, -0.2) is 43.6 Å². The van der Waals surface area contributed by atoms with Gasteiger partial charge in [0.2, 0.25) is 11.4 Å². The average molecular weight is 511 g/mol. The first kappa shape index (κ1) is 24.8. The van der Waals surface area contributed by atoms with Crippen LogP contribution in [0.1, 0.15) is 39.0 Å². The Balaban J connectivity index is 1.11. The van der Waals surface area contributed by atoms with Crippen molar-refractivity contribution in [3.05, 3.63) is 72.8 Å². The van der Waals surface area contributed by atoms with Crippen LogP contribution in [0.15, 0.2) is 83.1 Å². The molecule has 2 fully saturated rings. The number of carbonyl (C=O) groups excluding carboxylic acids is 1. The molecule has 196 valence electrons. The van der Waals surface area contributed by atoms with Crippen LogP contribution in [-0.2, 0) is 9.63 Å². The molecule has 1 saturated carbocycles. The number of piperazine rings is 1. The number of nitrogens with zero attached hydrogens (tertiary/aromatic N) is 5. The number of hydrogen-bond donors (Lipinski definition) is 0. The van der Waals surface area contributed by atoms with Crippen LogP contribution < -0.4 is 9.66 Å². The Bertz CT molecular complexity index is 1280. The summed E-state index contributed by atoms with van der Waals surface area (Å²) in [6.45, 7) is 7.27. The van der Waals surface area contributed by atoms with Crippen molar-refractivity contribution < 1.29 is 9.63 Å². The van der Waals surface area contributed by atoms with Crippen molar-refractivity contribution >= 4 is 29.2 Å². The molecule has 0 amide bonds. The Morgan fingerprint density at radius 2 is 1.53 bits per heavy atom. The zero-order chi connectivity index (χ0) is 26.0. The third-order valence-corrected chi connectivity index (χ3v) is 8.69. The minimum atomic E-state index is -0.412. The molecule has 2 aliphatic heterocycles. The van der Waals surface area contributed by atoms with E-state index in [-0.39, 0.29) is 0 Å². The van der Waals surface area contributed by atoms with Gasteiger partial charge in [0.25, 0.3) is 0 Å². The monoisotopic (exact) mass is 510 g/mol. The van der Waals surface area contributed by atoms with Gasteiger partial charge in [-0.2, -0.15) is 0 Å². The molecule has 1 aliphatic carbocycles. The Morgan fingerprint density at radius 1 is 0.868 bits per heavy atom. The molecule has 3 aliphatic rings. The summed E-state index contributed by atoms with van der Waals surface area (Å²) in [5, 5.41) is 8.53. The lowest BCUT2D eigenvalue weighted by molar-refractivity contribution is -0.156. The topological polar surface area (TPSA) is 57.5 Å². The second kappa shape index (κ2) is 10.7. The Labute approximate surface area is 224 Å². The summed E-state index contributed by atoms with van der Waals surface area (Å²) in [6, 6.07) is 25.2. The minimum absolute atomic E-state index is 0.412. The van der Waals surface area contributed by atoms with E-state index in [0.29, 0.717) is 23.5 Å². The van der Waals surface area contributed by atoms with Gasteiger partial charge in [-0.25, -0.2) is 9.63 Å². The first-order chi connectivity index (χ1) is 18.7. The van der Waals surface area contributed by atoms with Gasteiger partial charge in [-0.05, 0) is 73.1 Å². The molecule has 0 bridgehead atoms. The van der Waals surface area contributed by atoms with Crippen molar-refractivity contribution in [3.8, 4) is 11.1 Å². The van der Waals surface area contributed by atoms with Gasteiger partial charge in [-0.3, -0.25) is 4.90 Å². The van der Waals surface area contributed by atoms with Gasteiger partial charge in [0.05, 0.1) is 9.98 Å². The third kappa shape index (κ3) is 4.61. The van der Waals surface area contributed by atoms with Crippen LogP contribution in [0.2, 0.25) is 0 Å². The van der Waals surface area contributed by atoms with Crippen LogP contribution in [0.3, 0.4) is 0 Å². The Kier molecular flexibility index (Phi) is 6.96. The highest BCUT2D eigenvalue weighted by Crippen LogP contribution is 2.47. The van der Waals surface area contributed by atoms with E-state index in [1.54, 1.807) is 0 Å². The van der Waals surface area contributed by atoms with E-state index < -0.39 is 4.76 Å². The van der Waals surface area contributed by atoms with Crippen LogP contribution in [0, 0.1) is 5.92 Å². The predicted octanol–water partition coefficient (Wildman–Crippen LogP) is 7.18. The SMILES string of the molecule is CC[C@H]1CC[C@H](N2CCN(c3ccc(-c4ccc([N+]5(OC=O)N=Nc6ccccc65)cc4)cc3)CC2)CC1. The van der Waals surface area contributed by atoms with E-state index in [4.69, 9.17) is 4.84 Å². The van der Waals surface area contributed by atoms with Crippen molar-refractivity contribution in [3.63, 3.8) is 0 Å². The molecule has 0 N–H and O–H groups in total. The molecule has 1 unspecified atom stereocenters. The smallest absolute Gasteiger partial charge is 0.360 e. The molecule has 38 heavy (non-hydrogen) atoms. The van der Waals surface area contributed by atoms with Crippen LogP contribution >= 0.6 is 0 Å². The van der Waals surface area contributed by atoms with Crippen LogP contribution in [0.5, 0.6) is 0 Å². The molecule has 6 rings (SSSR count). The average Bonchev–Trinajstić information content (AvgIpc) is 3.37. The number of benzene rings is 3. The molecule has 2 heterocycles. The summed E-state index contributed by atoms with van der Waals surface area (Å²) in [5.41, 5.74) is 5.66. The second-order valence-electron chi connectivity index (χ2n) is 10.7. The van der Waals surface area contributed by atoms with Crippen molar-refractivity contribution in [1.29, 1.82) is 0 Å². The molecular formula is C31H36N5O2+. The van der Waals surface area contributed by atoms with Crippen molar-refractivity contribution in [2.45, 2.75) is 45.1 Å². The van der Waals surface area contributed by atoms with Gasteiger partial charge in [0.1, 0.15) is 0 Å². The lowest BCUT2D eigenvalue weighted by atomic mass is 9.84. The number of fused-ring (bicyclic) bond motifs is 1. The summed E-state index contributed by atoms with van der Waals surface area (Å²) in [7, 11) is 0. The highest BCUT2D eigenvalue weighted by Gasteiger charge is 2.45. The largest absolute Gasteiger partial charge is 0.369 e.